The van der Waals surface area contributed by atoms with E-state index < -0.39 is 26.5 Å². The molecule has 1 amide bonds. The maximum Gasteiger partial charge on any atom is 0.472 e. The predicted molar refractivity (Wildman–Crippen MR) is 187 cm³/mol. The van der Waals surface area contributed by atoms with Crippen molar-refractivity contribution < 1.29 is 37.9 Å². The fraction of sp³-hybridized carbons (Fsp3) is 0.722. The van der Waals surface area contributed by atoms with Gasteiger partial charge in [0.05, 0.1) is 13.2 Å². The van der Waals surface area contributed by atoms with Crippen LogP contribution in [0.1, 0.15) is 136 Å². The highest BCUT2D eigenvalue weighted by atomic mass is 31.2. The SMILES string of the molecule is CCCCC/C=C\C/C=C\C/C=C\C/C=C\CCCCCCCC(=O)OCC(O)COP(=O)(O)OCCNC(=O)CCCCCC. The van der Waals surface area contributed by atoms with Crippen LogP contribution in [0.15, 0.2) is 48.6 Å². The highest BCUT2D eigenvalue weighted by Crippen LogP contribution is 2.42. The molecule has 0 aromatic rings. The van der Waals surface area contributed by atoms with Crippen LogP contribution >= 0.6 is 7.82 Å². The van der Waals surface area contributed by atoms with E-state index in [9.17, 15) is 24.2 Å². The van der Waals surface area contributed by atoms with E-state index in [1.807, 2.05) is 0 Å². The van der Waals surface area contributed by atoms with Crippen LogP contribution in [0.3, 0.4) is 0 Å². The molecule has 0 rings (SSSR count). The molecule has 0 saturated heterocycles. The van der Waals surface area contributed by atoms with Gasteiger partial charge < -0.3 is 20.1 Å². The van der Waals surface area contributed by atoms with Crippen LogP contribution in [0.25, 0.3) is 0 Å². The summed E-state index contributed by atoms with van der Waals surface area (Å²) in [5, 5.41) is 12.5. The molecule has 0 fully saturated rings. The summed E-state index contributed by atoms with van der Waals surface area (Å²) < 4.78 is 26.5. The highest BCUT2D eigenvalue weighted by molar-refractivity contribution is 7.47. The minimum absolute atomic E-state index is 0.0755. The van der Waals surface area contributed by atoms with E-state index in [1.165, 1.54) is 25.7 Å². The van der Waals surface area contributed by atoms with Gasteiger partial charge in [0.25, 0.3) is 0 Å². The molecule has 266 valence electrons. The Morgan fingerprint density at radius 2 is 1.17 bits per heavy atom. The monoisotopic (exact) mass is 669 g/mol. The number of aliphatic hydroxyl groups excluding tert-OH is 1. The second-order valence-corrected chi connectivity index (χ2v) is 12.9. The molecule has 3 N–H and O–H groups in total. The predicted octanol–water partition coefficient (Wildman–Crippen LogP) is 8.82. The van der Waals surface area contributed by atoms with Gasteiger partial charge in [-0.1, -0.05) is 114 Å². The molecule has 0 heterocycles. The summed E-state index contributed by atoms with van der Waals surface area (Å²) in [6.45, 7) is 3.34. The van der Waals surface area contributed by atoms with E-state index in [-0.39, 0.29) is 32.1 Å². The maximum absolute atomic E-state index is 11.9. The maximum atomic E-state index is 11.9. The fourth-order valence-electron chi connectivity index (χ4n) is 4.30. The van der Waals surface area contributed by atoms with Crippen molar-refractivity contribution in [3.63, 3.8) is 0 Å². The summed E-state index contributed by atoms with van der Waals surface area (Å²) >= 11 is 0. The summed E-state index contributed by atoms with van der Waals surface area (Å²) in [6.07, 6.45) is 35.2. The molecule has 0 aliphatic rings. The Bertz CT molecular complexity index is 902. The van der Waals surface area contributed by atoms with Gasteiger partial charge in [-0.05, 0) is 57.8 Å². The number of amides is 1. The first-order valence-corrected chi connectivity index (χ1v) is 19.1. The number of rotatable bonds is 32. The number of carbonyl (C=O) groups is 2. The van der Waals surface area contributed by atoms with E-state index in [1.54, 1.807) is 0 Å². The summed E-state index contributed by atoms with van der Waals surface area (Å²) in [7, 11) is -4.40. The smallest absolute Gasteiger partial charge is 0.463 e. The number of nitrogens with one attached hydrogen (secondary N) is 1. The average molecular weight is 670 g/mol. The Morgan fingerprint density at radius 1 is 0.674 bits per heavy atom. The third kappa shape index (κ3) is 33.3. The largest absolute Gasteiger partial charge is 0.472 e. The van der Waals surface area contributed by atoms with Crippen LogP contribution in [0, 0.1) is 0 Å². The molecule has 0 spiro atoms. The number of allylic oxidation sites excluding steroid dienone is 8. The Hall–Kier alpha value is -2.03. The van der Waals surface area contributed by atoms with Crippen molar-refractivity contribution in [2.24, 2.45) is 0 Å². The zero-order valence-electron chi connectivity index (χ0n) is 28.8. The number of unbranched alkanes of at least 4 members (excludes halogenated alkanes) is 11. The molecule has 9 nitrogen and oxygen atoms in total. The van der Waals surface area contributed by atoms with Gasteiger partial charge in [0.1, 0.15) is 12.7 Å². The molecule has 0 aromatic carbocycles. The van der Waals surface area contributed by atoms with Crippen molar-refractivity contribution in [3.8, 4) is 0 Å². The lowest BCUT2D eigenvalue weighted by atomic mass is 10.1. The fourth-order valence-corrected chi connectivity index (χ4v) is 5.06. The first-order chi connectivity index (χ1) is 22.3. The van der Waals surface area contributed by atoms with Crippen LogP contribution in [-0.4, -0.2) is 54.3 Å². The quantitative estimate of drug-likeness (QED) is 0.0280. The standard InChI is InChI=1S/C36H64NO8P/c1-3-5-7-9-10-11-12-13-14-15-16-17-18-19-20-21-22-23-24-25-27-29-36(40)43-32-34(38)33-45-46(41,42)44-31-30-37-35(39)28-26-8-6-4-2/h10-11,13-14,16-17,19-20,34,38H,3-9,12,15,18,21-33H2,1-2H3,(H,37,39)(H,41,42)/b11-10-,14-13-,17-16-,20-19-. The lowest BCUT2D eigenvalue weighted by Crippen LogP contribution is -2.27. The highest BCUT2D eigenvalue weighted by Gasteiger charge is 2.23. The second kappa shape index (κ2) is 32.9. The van der Waals surface area contributed by atoms with Gasteiger partial charge in [-0.3, -0.25) is 18.6 Å². The molecule has 10 heteroatoms. The molecule has 0 radical (unpaired) electrons. The first kappa shape index (κ1) is 44.0. The van der Waals surface area contributed by atoms with Crippen LogP contribution < -0.4 is 5.32 Å². The van der Waals surface area contributed by atoms with E-state index in [0.29, 0.717) is 12.8 Å². The number of ether oxygens (including phenoxy) is 1. The van der Waals surface area contributed by atoms with Crippen molar-refractivity contribution >= 4 is 19.7 Å². The van der Waals surface area contributed by atoms with E-state index in [2.05, 4.69) is 67.8 Å². The van der Waals surface area contributed by atoms with Gasteiger partial charge in [-0.15, -0.1) is 0 Å². The molecule has 46 heavy (non-hydrogen) atoms. The van der Waals surface area contributed by atoms with Crippen LogP contribution in [-0.2, 0) is 27.9 Å². The van der Waals surface area contributed by atoms with Crippen molar-refractivity contribution in [2.45, 2.75) is 142 Å². The first-order valence-electron chi connectivity index (χ1n) is 17.6. The minimum Gasteiger partial charge on any atom is -0.463 e. The Morgan fingerprint density at radius 3 is 1.80 bits per heavy atom. The topological polar surface area (TPSA) is 131 Å². The lowest BCUT2D eigenvalue weighted by molar-refractivity contribution is -0.147. The van der Waals surface area contributed by atoms with Crippen LogP contribution in [0.4, 0.5) is 0 Å². The van der Waals surface area contributed by atoms with Crippen molar-refractivity contribution in [1.29, 1.82) is 0 Å². The molecular formula is C36H64NO8P. The molecule has 2 atom stereocenters. The zero-order valence-corrected chi connectivity index (χ0v) is 29.6. The third-order valence-electron chi connectivity index (χ3n) is 7.01. The number of aliphatic hydroxyl groups is 1. The van der Waals surface area contributed by atoms with Crippen LogP contribution in [0.2, 0.25) is 0 Å². The number of esters is 1. The van der Waals surface area contributed by atoms with Gasteiger partial charge in [0, 0.05) is 19.4 Å². The van der Waals surface area contributed by atoms with Crippen molar-refractivity contribution in [1.82, 2.24) is 5.32 Å². The number of hydrogen-bond donors (Lipinski definition) is 3. The Labute approximate surface area is 279 Å². The van der Waals surface area contributed by atoms with E-state index >= 15 is 0 Å². The number of carbonyl (C=O) groups excluding carboxylic acids is 2. The van der Waals surface area contributed by atoms with E-state index in [4.69, 9.17) is 13.8 Å². The lowest BCUT2D eigenvalue weighted by Gasteiger charge is -2.15. The number of phosphoric ester groups is 1. The Balaban J connectivity index is 3.66. The molecule has 2 unspecified atom stereocenters. The number of phosphoric acid groups is 1. The summed E-state index contributed by atoms with van der Waals surface area (Å²) in [4.78, 5) is 33.3. The van der Waals surface area contributed by atoms with Gasteiger partial charge in [0.15, 0.2) is 0 Å². The molecule has 0 saturated carbocycles. The van der Waals surface area contributed by atoms with Gasteiger partial charge in [0.2, 0.25) is 5.91 Å². The average Bonchev–Trinajstić information content (AvgIpc) is 3.04. The van der Waals surface area contributed by atoms with Gasteiger partial charge in [-0.25, -0.2) is 4.57 Å². The van der Waals surface area contributed by atoms with Crippen molar-refractivity contribution in [3.05, 3.63) is 48.6 Å². The summed E-state index contributed by atoms with van der Waals surface area (Å²) in [5.41, 5.74) is 0. The van der Waals surface area contributed by atoms with Gasteiger partial charge in [-0.2, -0.15) is 0 Å². The van der Waals surface area contributed by atoms with Crippen LogP contribution in [0.5, 0.6) is 0 Å². The molecule has 0 bridgehead atoms. The molecule has 0 aromatic heterocycles. The zero-order chi connectivity index (χ0) is 34.0. The summed E-state index contributed by atoms with van der Waals surface area (Å²) in [6, 6.07) is 0. The summed E-state index contributed by atoms with van der Waals surface area (Å²) in [5.74, 6) is -0.557. The molecule has 0 aliphatic carbocycles. The molecular weight excluding hydrogens is 605 g/mol. The van der Waals surface area contributed by atoms with E-state index in [0.717, 1.165) is 77.0 Å². The second-order valence-electron chi connectivity index (χ2n) is 11.5. The minimum atomic E-state index is -4.40. The van der Waals surface area contributed by atoms with Crippen molar-refractivity contribution in [2.75, 3.05) is 26.4 Å². The molecule has 0 aliphatic heterocycles. The Kier molecular flexibility index (Phi) is 31.4. The normalized spacial score (nSPS) is 14.1. The number of hydrogen-bond acceptors (Lipinski definition) is 7. The third-order valence-corrected chi connectivity index (χ3v) is 8.00. The van der Waals surface area contributed by atoms with Gasteiger partial charge >= 0.3 is 13.8 Å².